The topological polar surface area (TPSA) is 57.0 Å². The first-order chi connectivity index (χ1) is 11.1. The Bertz CT molecular complexity index is 908. The normalized spacial score (nSPS) is 10.9. The number of hydrogen-bond donors (Lipinski definition) is 0. The molecule has 3 aromatic rings. The summed E-state index contributed by atoms with van der Waals surface area (Å²) < 4.78 is 7.53. The third-order valence-corrected chi connectivity index (χ3v) is 4.80. The third kappa shape index (κ3) is 3.16. The first kappa shape index (κ1) is 16.1. The van der Waals surface area contributed by atoms with Crippen LogP contribution in [-0.4, -0.2) is 21.6 Å². The summed E-state index contributed by atoms with van der Waals surface area (Å²) in [6.07, 6.45) is 3.20. The zero-order chi connectivity index (χ0) is 16.4. The van der Waals surface area contributed by atoms with E-state index in [9.17, 15) is 4.79 Å². The largest absolute Gasteiger partial charge is 0.497 e. The molecule has 0 saturated heterocycles. The molecule has 0 aliphatic carbocycles. The number of nitrogens with zero attached hydrogens (tertiary/aromatic N) is 3. The van der Waals surface area contributed by atoms with Crippen molar-refractivity contribution in [2.24, 2.45) is 0 Å². The number of halogens is 2. The van der Waals surface area contributed by atoms with Crippen LogP contribution < -0.4 is 10.3 Å². The number of pyridine rings is 1. The summed E-state index contributed by atoms with van der Waals surface area (Å²) in [5, 5.41) is 1.09. The van der Waals surface area contributed by atoms with Gasteiger partial charge in [-0.25, -0.2) is 9.97 Å². The number of fused-ring (bicyclic) bond motifs is 1. The van der Waals surface area contributed by atoms with Gasteiger partial charge in [-0.3, -0.25) is 9.36 Å². The van der Waals surface area contributed by atoms with E-state index in [0.29, 0.717) is 22.9 Å². The summed E-state index contributed by atoms with van der Waals surface area (Å²) in [5.41, 5.74) is 2.21. The van der Waals surface area contributed by atoms with Gasteiger partial charge in [-0.1, -0.05) is 28.1 Å². The first-order valence-corrected chi connectivity index (χ1v) is 8.77. The van der Waals surface area contributed by atoms with Gasteiger partial charge < -0.3 is 4.74 Å². The van der Waals surface area contributed by atoms with Crippen LogP contribution in [0.1, 0.15) is 11.1 Å². The highest BCUT2D eigenvalue weighted by Crippen LogP contribution is 2.23. The summed E-state index contributed by atoms with van der Waals surface area (Å²) in [5.74, 6) is 0.785. The molecular weight excluding hydrogens is 426 g/mol. The highest BCUT2D eigenvalue weighted by Gasteiger charge is 2.13. The molecular formula is C16H13Br2N3O2. The molecule has 2 heterocycles. The molecule has 0 bridgehead atoms. The maximum atomic E-state index is 12.8. The number of hydrogen-bond acceptors (Lipinski definition) is 4. The average Bonchev–Trinajstić information content (AvgIpc) is 2.58. The molecule has 0 aliphatic rings. The molecule has 2 aromatic heterocycles. The van der Waals surface area contributed by atoms with Gasteiger partial charge in [-0.2, -0.15) is 0 Å². The van der Waals surface area contributed by atoms with Crippen LogP contribution in [0.25, 0.3) is 11.0 Å². The van der Waals surface area contributed by atoms with Crippen LogP contribution >= 0.6 is 31.9 Å². The second-order valence-corrected chi connectivity index (χ2v) is 6.36. The van der Waals surface area contributed by atoms with Crippen molar-refractivity contribution < 1.29 is 4.74 Å². The van der Waals surface area contributed by atoms with E-state index in [4.69, 9.17) is 4.74 Å². The highest BCUT2D eigenvalue weighted by molar-refractivity contribution is 9.10. The number of ether oxygens (including phenoxy) is 1. The zero-order valence-electron chi connectivity index (χ0n) is 12.3. The summed E-state index contributed by atoms with van der Waals surface area (Å²) in [6.45, 7) is 0.444. The van der Waals surface area contributed by atoms with E-state index < -0.39 is 0 Å². The third-order valence-electron chi connectivity index (χ3n) is 3.55. The molecule has 0 aliphatic heterocycles. The van der Waals surface area contributed by atoms with Crippen molar-refractivity contribution >= 4 is 42.9 Å². The maximum absolute atomic E-state index is 12.8. The van der Waals surface area contributed by atoms with Crippen molar-refractivity contribution in [3.63, 3.8) is 0 Å². The number of methoxy groups -OCH3 is 1. The Labute approximate surface area is 149 Å². The summed E-state index contributed by atoms with van der Waals surface area (Å²) in [4.78, 5) is 21.3. The minimum Gasteiger partial charge on any atom is -0.497 e. The lowest BCUT2D eigenvalue weighted by Gasteiger charge is -2.10. The maximum Gasteiger partial charge on any atom is 0.263 e. The van der Waals surface area contributed by atoms with Crippen molar-refractivity contribution in [2.45, 2.75) is 11.9 Å². The van der Waals surface area contributed by atoms with Crippen LogP contribution in [-0.2, 0) is 11.9 Å². The molecule has 0 amide bonds. The fourth-order valence-corrected chi connectivity index (χ4v) is 3.73. The predicted octanol–water partition coefficient (Wildman–Crippen LogP) is 3.51. The van der Waals surface area contributed by atoms with Crippen LogP contribution in [0.15, 0.2) is 46.1 Å². The van der Waals surface area contributed by atoms with Crippen LogP contribution in [0, 0.1) is 0 Å². The van der Waals surface area contributed by atoms with Gasteiger partial charge in [0.2, 0.25) is 0 Å². The van der Waals surface area contributed by atoms with E-state index >= 15 is 0 Å². The van der Waals surface area contributed by atoms with Crippen LogP contribution in [0.4, 0.5) is 0 Å². The highest BCUT2D eigenvalue weighted by atomic mass is 79.9. The number of benzene rings is 1. The van der Waals surface area contributed by atoms with Gasteiger partial charge in [0.15, 0.2) is 5.65 Å². The van der Waals surface area contributed by atoms with Gasteiger partial charge in [0.05, 0.1) is 19.0 Å². The van der Waals surface area contributed by atoms with E-state index in [1.165, 1.54) is 6.33 Å². The van der Waals surface area contributed by atoms with Crippen molar-refractivity contribution in [3.05, 3.63) is 62.7 Å². The Morgan fingerprint density at radius 2 is 1.96 bits per heavy atom. The zero-order valence-corrected chi connectivity index (χ0v) is 15.5. The molecule has 0 N–H and O–H groups in total. The Morgan fingerprint density at radius 1 is 1.22 bits per heavy atom. The van der Waals surface area contributed by atoms with Crippen molar-refractivity contribution in [1.82, 2.24) is 14.5 Å². The van der Waals surface area contributed by atoms with Crippen LogP contribution in [0.5, 0.6) is 5.75 Å². The Morgan fingerprint density at radius 3 is 2.61 bits per heavy atom. The van der Waals surface area contributed by atoms with E-state index in [0.717, 1.165) is 21.3 Å². The molecule has 0 spiro atoms. The Kier molecular flexibility index (Phi) is 4.77. The van der Waals surface area contributed by atoms with Crippen molar-refractivity contribution in [3.8, 4) is 5.75 Å². The molecule has 118 valence electrons. The SMILES string of the molecule is COc1ccc(Cn2cnc3ncc(Br)c(CBr)c3c2=O)cc1. The number of rotatable bonds is 4. The second-order valence-electron chi connectivity index (χ2n) is 4.94. The standard InChI is InChI=1S/C16H13Br2N3O2/c1-23-11-4-2-10(3-5-11)8-21-9-20-15-14(16(21)22)12(6-17)13(18)7-19-15/h2-5,7,9H,6,8H2,1H3. The van der Waals surface area contributed by atoms with Gasteiger partial charge in [0, 0.05) is 16.0 Å². The molecule has 5 nitrogen and oxygen atoms in total. The molecule has 0 atom stereocenters. The van der Waals surface area contributed by atoms with Gasteiger partial charge in [0.1, 0.15) is 12.1 Å². The van der Waals surface area contributed by atoms with E-state index in [1.807, 2.05) is 24.3 Å². The lowest BCUT2D eigenvalue weighted by Crippen LogP contribution is -2.22. The average molecular weight is 439 g/mol. The van der Waals surface area contributed by atoms with Crippen molar-refractivity contribution in [1.29, 1.82) is 0 Å². The molecule has 3 rings (SSSR count). The van der Waals surface area contributed by atoms with Gasteiger partial charge in [-0.05, 0) is 39.2 Å². The lowest BCUT2D eigenvalue weighted by atomic mass is 10.2. The van der Waals surface area contributed by atoms with E-state index in [2.05, 4.69) is 41.8 Å². The van der Waals surface area contributed by atoms with E-state index in [-0.39, 0.29) is 5.56 Å². The van der Waals surface area contributed by atoms with Gasteiger partial charge >= 0.3 is 0 Å². The number of alkyl halides is 1. The molecule has 7 heteroatoms. The fourth-order valence-electron chi connectivity index (χ4n) is 2.33. The Balaban J connectivity index is 2.07. The smallest absolute Gasteiger partial charge is 0.263 e. The van der Waals surface area contributed by atoms with Gasteiger partial charge in [0.25, 0.3) is 5.56 Å². The molecule has 0 radical (unpaired) electrons. The van der Waals surface area contributed by atoms with Crippen molar-refractivity contribution in [2.75, 3.05) is 7.11 Å². The monoisotopic (exact) mass is 437 g/mol. The van der Waals surface area contributed by atoms with Gasteiger partial charge in [-0.15, -0.1) is 0 Å². The molecule has 0 saturated carbocycles. The molecule has 0 fully saturated rings. The molecule has 1 aromatic carbocycles. The minimum absolute atomic E-state index is 0.103. The first-order valence-electron chi connectivity index (χ1n) is 6.85. The van der Waals surface area contributed by atoms with E-state index in [1.54, 1.807) is 17.9 Å². The fraction of sp³-hybridized carbons (Fsp3) is 0.188. The lowest BCUT2D eigenvalue weighted by molar-refractivity contribution is 0.414. The second kappa shape index (κ2) is 6.80. The number of aromatic nitrogens is 3. The quantitative estimate of drug-likeness (QED) is 0.585. The predicted molar refractivity (Wildman–Crippen MR) is 96.2 cm³/mol. The summed E-state index contributed by atoms with van der Waals surface area (Å²) in [6, 6.07) is 7.61. The van der Waals surface area contributed by atoms with Crippen LogP contribution in [0.3, 0.4) is 0 Å². The summed E-state index contributed by atoms with van der Waals surface area (Å²) >= 11 is 6.86. The minimum atomic E-state index is -0.103. The van der Waals surface area contributed by atoms with Crippen LogP contribution in [0.2, 0.25) is 0 Å². The summed E-state index contributed by atoms with van der Waals surface area (Å²) in [7, 11) is 1.62. The Hall–Kier alpha value is -1.73. The molecule has 0 unspecified atom stereocenters. The molecule has 23 heavy (non-hydrogen) atoms.